The average molecular weight is 215 g/mol. The van der Waals surface area contributed by atoms with Crippen LogP contribution < -0.4 is 11.3 Å². The maximum absolute atomic E-state index is 5.43. The number of hydrogen-bond donors (Lipinski definition) is 2. The number of nitrogens with two attached hydrogens (primary N) is 1. The molecule has 0 aliphatic carbocycles. The van der Waals surface area contributed by atoms with E-state index < -0.39 is 0 Å². The predicted octanol–water partition coefficient (Wildman–Crippen LogP) is 0.962. The van der Waals surface area contributed by atoms with Gasteiger partial charge < -0.3 is 5.43 Å². The van der Waals surface area contributed by atoms with Crippen molar-refractivity contribution >= 4 is 11.5 Å². The maximum atomic E-state index is 5.43. The number of para-hydroxylation sites is 1. The van der Waals surface area contributed by atoms with E-state index in [1.165, 1.54) is 0 Å². The molecular weight excluding hydrogens is 202 g/mol. The van der Waals surface area contributed by atoms with E-state index in [-0.39, 0.29) is 0 Å². The van der Waals surface area contributed by atoms with Crippen LogP contribution in [0.1, 0.15) is 5.69 Å². The number of hydrogen-bond acceptors (Lipinski definition) is 3. The smallest absolute Gasteiger partial charge is 0.168 e. The Hall–Kier alpha value is -2.14. The van der Waals surface area contributed by atoms with Crippen molar-refractivity contribution in [2.24, 2.45) is 17.9 Å². The van der Waals surface area contributed by atoms with Crippen LogP contribution in [0.15, 0.2) is 47.6 Å². The molecule has 0 bridgehead atoms. The summed E-state index contributed by atoms with van der Waals surface area (Å²) in [6.07, 6.45) is 1.84. The fourth-order valence-corrected chi connectivity index (χ4v) is 1.34. The molecule has 2 aromatic rings. The first-order valence-electron chi connectivity index (χ1n) is 4.90. The van der Waals surface area contributed by atoms with Gasteiger partial charge in [0, 0.05) is 13.2 Å². The third-order valence-electron chi connectivity index (χ3n) is 2.09. The van der Waals surface area contributed by atoms with Crippen LogP contribution in [0.3, 0.4) is 0 Å². The molecule has 0 spiro atoms. The number of aliphatic imine (C=N–C) groups is 1. The van der Waals surface area contributed by atoms with Gasteiger partial charge >= 0.3 is 0 Å². The second kappa shape index (κ2) is 4.59. The van der Waals surface area contributed by atoms with E-state index in [0.29, 0.717) is 11.5 Å². The van der Waals surface area contributed by atoms with E-state index in [1.54, 1.807) is 4.68 Å². The molecule has 5 heteroatoms. The molecule has 2 rings (SSSR count). The second-order valence-corrected chi connectivity index (χ2v) is 3.31. The van der Waals surface area contributed by atoms with Crippen LogP contribution in [0.2, 0.25) is 0 Å². The molecule has 5 nitrogen and oxygen atoms in total. The predicted molar refractivity (Wildman–Crippen MR) is 63.2 cm³/mol. The summed E-state index contributed by atoms with van der Waals surface area (Å²) >= 11 is 0. The summed E-state index contributed by atoms with van der Waals surface area (Å²) in [4.78, 5) is 4.37. The minimum Gasteiger partial charge on any atom is -0.307 e. The van der Waals surface area contributed by atoms with Crippen LogP contribution in [0.5, 0.6) is 0 Å². The molecule has 0 aliphatic rings. The van der Waals surface area contributed by atoms with Crippen molar-refractivity contribution in [2.75, 3.05) is 0 Å². The molecule has 0 fully saturated rings. The van der Waals surface area contributed by atoms with Gasteiger partial charge in [0.2, 0.25) is 0 Å². The largest absolute Gasteiger partial charge is 0.307 e. The first-order chi connectivity index (χ1) is 7.79. The number of benzene rings is 1. The number of rotatable bonds is 2. The molecule has 0 saturated heterocycles. The summed E-state index contributed by atoms with van der Waals surface area (Å²) in [5, 5.41) is 4.22. The molecule has 0 radical (unpaired) electrons. The Bertz CT molecular complexity index is 486. The van der Waals surface area contributed by atoms with Gasteiger partial charge in [-0.05, 0) is 18.2 Å². The Balaban J connectivity index is 2.33. The van der Waals surface area contributed by atoms with Crippen LogP contribution in [0.25, 0.3) is 0 Å². The summed E-state index contributed by atoms with van der Waals surface area (Å²) in [7, 11) is 1.85. The van der Waals surface area contributed by atoms with E-state index >= 15 is 0 Å². The highest BCUT2D eigenvalue weighted by Gasteiger charge is 2.04. The van der Waals surface area contributed by atoms with Gasteiger partial charge in [0.1, 0.15) is 5.69 Å². The van der Waals surface area contributed by atoms with Gasteiger partial charge in [0.15, 0.2) is 5.84 Å². The number of aryl methyl sites for hydroxylation is 1. The Morgan fingerprint density at radius 1 is 1.31 bits per heavy atom. The molecular formula is C11H13N5. The van der Waals surface area contributed by atoms with Crippen LogP contribution >= 0.6 is 0 Å². The third-order valence-corrected chi connectivity index (χ3v) is 2.09. The fraction of sp³-hybridized carbons (Fsp3) is 0.0909. The molecule has 0 atom stereocenters. The Kier molecular flexibility index (Phi) is 2.98. The number of amidine groups is 1. The molecule has 0 unspecified atom stereocenters. The minimum atomic E-state index is 0.548. The summed E-state index contributed by atoms with van der Waals surface area (Å²) < 4.78 is 1.70. The van der Waals surface area contributed by atoms with Crippen molar-refractivity contribution in [3.05, 3.63) is 48.3 Å². The molecule has 16 heavy (non-hydrogen) atoms. The number of nitrogens with one attached hydrogen (secondary N) is 1. The zero-order valence-electron chi connectivity index (χ0n) is 8.96. The minimum absolute atomic E-state index is 0.548. The van der Waals surface area contributed by atoms with Crippen molar-refractivity contribution in [3.8, 4) is 0 Å². The van der Waals surface area contributed by atoms with Crippen molar-refractivity contribution in [3.63, 3.8) is 0 Å². The van der Waals surface area contributed by atoms with Crippen molar-refractivity contribution in [2.45, 2.75) is 0 Å². The normalized spacial score (nSPS) is 11.5. The lowest BCUT2D eigenvalue weighted by Crippen LogP contribution is -2.31. The van der Waals surface area contributed by atoms with Crippen LogP contribution in [-0.4, -0.2) is 15.6 Å². The third kappa shape index (κ3) is 2.26. The van der Waals surface area contributed by atoms with Crippen LogP contribution in [-0.2, 0) is 7.05 Å². The first kappa shape index (κ1) is 10.4. The van der Waals surface area contributed by atoms with Gasteiger partial charge in [-0.15, -0.1) is 0 Å². The summed E-state index contributed by atoms with van der Waals surface area (Å²) in [5.41, 5.74) is 4.11. The molecule has 3 N–H and O–H groups in total. The lowest BCUT2D eigenvalue weighted by atomic mass is 10.3. The molecule has 0 aliphatic heterocycles. The Morgan fingerprint density at radius 2 is 2.06 bits per heavy atom. The summed E-state index contributed by atoms with van der Waals surface area (Å²) in [5.74, 6) is 5.98. The quantitative estimate of drug-likeness (QED) is 0.339. The zero-order valence-corrected chi connectivity index (χ0v) is 8.96. The molecule has 1 aromatic carbocycles. The number of aromatic nitrogens is 2. The van der Waals surface area contributed by atoms with Gasteiger partial charge in [-0.1, -0.05) is 18.2 Å². The summed E-state index contributed by atoms with van der Waals surface area (Å²) in [6, 6.07) is 11.4. The average Bonchev–Trinajstić information content (AvgIpc) is 2.74. The lowest BCUT2D eigenvalue weighted by molar-refractivity contribution is 0.762. The Labute approximate surface area is 93.6 Å². The van der Waals surface area contributed by atoms with Crippen LogP contribution in [0, 0.1) is 0 Å². The van der Waals surface area contributed by atoms with Gasteiger partial charge in [0.25, 0.3) is 0 Å². The van der Waals surface area contributed by atoms with Gasteiger partial charge in [-0.2, -0.15) is 5.10 Å². The highest BCUT2D eigenvalue weighted by Crippen LogP contribution is 2.11. The highest BCUT2D eigenvalue weighted by atomic mass is 15.3. The van der Waals surface area contributed by atoms with Gasteiger partial charge in [-0.25, -0.2) is 10.8 Å². The molecule has 0 saturated carbocycles. The van der Waals surface area contributed by atoms with E-state index in [9.17, 15) is 0 Å². The molecule has 1 heterocycles. The molecule has 82 valence electrons. The zero-order chi connectivity index (χ0) is 11.4. The van der Waals surface area contributed by atoms with Gasteiger partial charge in [0.05, 0.1) is 5.69 Å². The monoisotopic (exact) mass is 215 g/mol. The number of hydrazine groups is 1. The van der Waals surface area contributed by atoms with E-state index in [4.69, 9.17) is 5.84 Å². The highest BCUT2D eigenvalue weighted by molar-refractivity contribution is 5.98. The van der Waals surface area contributed by atoms with Crippen LogP contribution in [0.4, 0.5) is 5.69 Å². The van der Waals surface area contributed by atoms with Crippen molar-refractivity contribution in [1.29, 1.82) is 0 Å². The second-order valence-electron chi connectivity index (χ2n) is 3.31. The van der Waals surface area contributed by atoms with Crippen molar-refractivity contribution < 1.29 is 0 Å². The van der Waals surface area contributed by atoms with E-state index in [1.807, 2.05) is 49.6 Å². The van der Waals surface area contributed by atoms with Gasteiger partial charge in [-0.3, -0.25) is 4.68 Å². The SMILES string of the molecule is Cn1ccc(C(=Nc2ccccc2)NN)n1. The fourth-order valence-electron chi connectivity index (χ4n) is 1.34. The topological polar surface area (TPSA) is 68.2 Å². The molecule has 1 aromatic heterocycles. The van der Waals surface area contributed by atoms with Crippen molar-refractivity contribution in [1.82, 2.24) is 15.2 Å². The van der Waals surface area contributed by atoms with E-state index in [2.05, 4.69) is 15.5 Å². The van der Waals surface area contributed by atoms with E-state index in [0.717, 1.165) is 5.69 Å². The standard InChI is InChI=1S/C11H13N5/c1-16-8-7-10(15-16)11(14-12)13-9-5-3-2-4-6-9/h2-8H,12H2,1H3,(H,13,14). The first-order valence-corrected chi connectivity index (χ1v) is 4.90. The summed E-state index contributed by atoms with van der Waals surface area (Å²) in [6.45, 7) is 0. The maximum Gasteiger partial charge on any atom is 0.168 e. The molecule has 0 amide bonds. The Morgan fingerprint density at radius 3 is 2.62 bits per heavy atom. The number of nitrogens with zero attached hydrogens (tertiary/aromatic N) is 3. The lowest BCUT2D eigenvalue weighted by Gasteiger charge is -2.01.